The summed E-state index contributed by atoms with van der Waals surface area (Å²) >= 11 is 3.47. The van der Waals surface area contributed by atoms with Gasteiger partial charge in [0.2, 0.25) is 0 Å². The van der Waals surface area contributed by atoms with E-state index >= 15 is 0 Å². The summed E-state index contributed by atoms with van der Waals surface area (Å²) in [7, 11) is 1.43. The number of hydrogen-bond donors (Lipinski definition) is 0. The van der Waals surface area contributed by atoms with Crippen molar-refractivity contribution in [3.63, 3.8) is 0 Å². The van der Waals surface area contributed by atoms with Crippen LogP contribution in [0.5, 0.6) is 0 Å². The van der Waals surface area contributed by atoms with Crippen LogP contribution in [0.2, 0.25) is 0 Å². The van der Waals surface area contributed by atoms with Crippen molar-refractivity contribution < 1.29 is 9.53 Å². The maximum atomic E-state index is 11.1. The van der Waals surface area contributed by atoms with E-state index in [1.54, 1.807) is 6.20 Å². The zero-order valence-corrected chi connectivity index (χ0v) is 14.8. The Morgan fingerprint density at radius 3 is 2.61 bits per heavy atom. The fraction of sp³-hybridized carbons (Fsp3) is 0.263. The molecule has 3 nitrogen and oxygen atoms in total. The van der Waals surface area contributed by atoms with Crippen molar-refractivity contribution in [2.24, 2.45) is 0 Å². The van der Waals surface area contributed by atoms with Crippen LogP contribution in [0.25, 0.3) is 5.57 Å². The van der Waals surface area contributed by atoms with Crippen molar-refractivity contribution in [1.82, 2.24) is 4.98 Å². The molecule has 120 valence electrons. The minimum atomic E-state index is -0.144. The Morgan fingerprint density at radius 2 is 1.96 bits per heavy atom. The summed E-state index contributed by atoms with van der Waals surface area (Å²) in [6.07, 6.45) is 9.06. The number of methoxy groups -OCH3 is 1. The molecule has 0 N–H and O–H groups in total. The number of unbranched alkanes of at least 4 members (excludes halogenated alkanes) is 2. The number of aromatic nitrogens is 1. The molecule has 0 radical (unpaired) electrons. The number of pyridine rings is 1. The maximum Gasteiger partial charge on any atom is 0.305 e. The van der Waals surface area contributed by atoms with Crippen molar-refractivity contribution >= 4 is 27.5 Å². The number of esters is 1. The number of halogens is 1. The predicted octanol–water partition coefficient (Wildman–Crippen LogP) is 5.01. The van der Waals surface area contributed by atoms with Crippen molar-refractivity contribution in [2.75, 3.05) is 7.11 Å². The molecule has 0 aliphatic carbocycles. The number of carbonyl (C=O) groups is 1. The second kappa shape index (κ2) is 9.26. The van der Waals surface area contributed by atoms with E-state index in [0.29, 0.717) is 6.42 Å². The van der Waals surface area contributed by atoms with Crippen molar-refractivity contribution in [3.8, 4) is 0 Å². The second-order valence-corrected chi connectivity index (χ2v) is 6.10. The third-order valence-corrected chi connectivity index (χ3v) is 4.07. The molecule has 0 spiro atoms. The average molecular weight is 374 g/mol. The highest BCUT2D eigenvalue weighted by atomic mass is 79.9. The lowest BCUT2D eigenvalue weighted by molar-refractivity contribution is -0.140. The third kappa shape index (κ3) is 5.64. The van der Waals surface area contributed by atoms with Crippen LogP contribution in [-0.4, -0.2) is 18.1 Å². The van der Waals surface area contributed by atoms with Gasteiger partial charge in [-0.1, -0.05) is 40.2 Å². The van der Waals surface area contributed by atoms with Gasteiger partial charge in [0.25, 0.3) is 0 Å². The molecule has 0 aliphatic rings. The lowest BCUT2D eigenvalue weighted by Crippen LogP contribution is -1.99. The molecule has 0 amide bonds. The number of carbonyl (C=O) groups excluding carboxylic acids is 1. The molecular weight excluding hydrogens is 354 g/mol. The molecule has 0 atom stereocenters. The van der Waals surface area contributed by atoms with Crippen LogP contribution in [0.4, 0.5) is 0 Å². The lowest BCUT2D eigenvalue weighted by atomic mass is 9.97. The van der Waals surface area contributed by atoms with E-state index < -0.39 is 0 Å². The van der Waals surface area contributed by atoms with Gasteiger partial charge in [-0.15, -0.1) is 0 Å². The topological polar surface area (TPSA) is 39.2 Å². The fourth-order valence-corrected chi connectivity index (χ4v) is 2.58. The standard InChI is InChI=1S/C19H20BrNO2/c1-23-19(22)8-4-2-3-7-18(16-6-5-13-21-14-16)15-9-11-17(20)12-10-15/h5-7,9-14H,2-4,8H2,1H3/b18-7-. The normalized spacial score (nSPS) is 11.3. The van der Waals surface area contributed by atoms with E-state index in [2.05, 4.69) is 49.9 Å². The highest BCUT2D eigenvalue weighted by molar-refractivity contribution is 9.10. The third-order valence-electron chi connectivity index (χ3n) is 3.54. The first kappa shape index (κ1) is 17.4. The van der Waals surface area contributed by atoms with Crippen LogP contribution >= 0.6 is 15.9 Å². The minimum Gasteiger partial charge on any atom is -0.469 e. The summed E-state index contributed by atoms with van der Waals surface area (Å²) in [4.78, 5) is 15.3. The molecule has 2 rings (SSSR count). The van der Waals surface area contributed by atoms with Crippen molar-refractivity contribution in [3.05, 3.63) is 70.5 Å². The van der Waals surface area contributed by atoms with Gasteiger partial charge in [-0.25, -0.2) is 0 Å². The van der Waals surface area contributed by atoms with E-state index in [-0.39, 0.29) is 5.97 Å². The van der Waals surface area contributed by atoms with Crippen LogP contribution in [0, 0.1) is 0 Å². The summed E-state index contributed by atoms with van der Waals surface area (Å²) in [5.74, 6) is -0.144. The maximum absolute atomic E-state index is 11.1. The molecule has 1 aromatic heterocycles. The summed E-state index contributed by atoms with van der Waals surface area (Å²) < 4.78 is 5.72. The predicted molar refractivity (Wildman–Crippen MR) is 95.9 cm³/mol. The lowest BCUT2D eigenvalue weighted by Gasteiger charge is -2.09. The van der Waals surface area contributed by atoms with Gasteiger partial charge in [0.05, 0.1) is 7.11 Å². The summed E-state index contributed by atoms with van der Waals surface area (Å²) in [6.45, 7) is 0. The Morgan fingerprint density at radius 1 is 1.17 bits per heavy atom. The Balaban J connectivity index is 2.09. The van der Waals surface area contributed by atoms with Gasteiger partial charge in [0.15, 0.2) is 0 Å². The zero-order valence-electron chi connectivity index (χ0n) is 13.2. The van der Waals surface area contributed by atoms with Crippen LogP contribution in [0.15, 0.2) is 59.3 Å². The SMILES string of the molecule is COC(=O)CCCC/C=C(/c1ccc(Br)cc1)c1cccnc1. The van der Waals surface area contributed by atoms with E-state index in [9.17, 15) is 4.79 Å². The Hall–Kier alpha value is -1.94. The Bertz CT molecular complexity index is 651. The quantitative estimate of drug-likeness (QED) is 0.505. The van der Waals surface area contributed by atoms with E-state index in [0.717, 1.165) is 34.9 Å². The van der Waals surface area contributed by atoms with E-state index in [1.807, 2.05) is 24.4 Å². The molecule has 23 heavy (non-hydrogen) atoms. The largest absolute Gasteiger partial charge is 0.469 e. The number of ether oxygens (including phenoxy) is 1. The highest BCUT2D eigenvalue weighted by Gasteiger charge is 2.05. The molecule has 0 bridgehead atoms. The molecule has 0 saturated heterocycles. The van der Waals surface area contributed by atoms with Gasteiger partial charge in [0, 0.05) is 28.9 Å². The average Bonchev–Trinajstić information content (AvgIpc) is 2.59. The summed E-state index contributed by atoms with van der Waals surface area (Å²) in [5, 5.41) is 0. The van der Waals surface area contributed by atoms with Gasteiger partial charge in [-0.2, -0.15) is 0 Å². The summed E-state index contributed by atoms with van der Waals surface area (Å²) in [6, 6.07) is 12.3. The van der Waals surface area contributed by atoms with Crippen LogP contribution < -0.4 is 0 Å². The molecule has 0 unspecified atom stereocenters. The molecule has 0 fully saturated rings. The Kier molecular flexibility index (Phi) is 7.01. The molecular formula is C19H20BrNO2. The van der Waals surface area contributed by atoms with Crippen molar-refractivity contribution in [2.45, 2.75) is 25.7 Å². The van der Waals surface area contributed by atoms with Crippen LogP contribution in [-0.2, 0) is 9.53 Å². The molecule has 1 heterocycles. The van der Waals surface area contributed by atoms with Crippen LogP contribution in [0.3, 0.4) is 0 Å². The first-order valence-electron chi connectivity index (χ1n) is 7.64. The van der Waals surface area contributed by atoms with E-state index in [4.69, 9.17) is 0 Å². The number of rotatable bonds is 7. The molecule has 0 saturated carbocycles. The van der Waals surface area contributed by atoms with Crippen molar-refractivity contribution in [1.29, 1.82) is 0 Å². The zero-order chi connectivity index (χ0) is 16.5. The van der Waals surface area contributed by atoms with E-state index in [1.165, 1.54) is 12.7 Å². The van der Waals surface area contributed by atoms with Gasteiger partial charge >= 0.3 is 5.97 Å². The van der Waals surface area contributed by atoms with Gasteiger partial charge in [-0.05, 0) is 48.6 Å². The fourth-order valence-electron chi connectivity index (χ4n) is 2.32. The molecule has 1 aromatic carbocycles. The van der Waals surface area contributed by atoms with Gasteiger partial charge < -0.3 is 4.74 Å². The van der Waals surface area contributed by atoms with Gasteiger partial charge in [0.1, 0.15) is 0 Å². The first-order chi connectivity index (χ1) is 11.2. The Labute approximate surface area is 145 Å². The highest BCUT2D eigenvalue weighted by Crippen LogP contribution is 2.25. The monoisotopic (exact) mass is 373 g/mol. The second-order valence-electron chi connectivity index (χ2n) is 5.19. The van der Waals surface area contributed by atoms with Crippen LogP contribution in [0.1, 0.15) is 36.8 Å². The number of benzene rings is 1. The molecule has 4 heteroatoms. The molecule has 2 aromatic rings. The summed E-state index contributed by atoms with van der Waals surface area (Å²) in [5.41, 5.74) is 3.43. The number of nitrogens with zero attached hydrogens (tertiary/aromatic N) is 1. The minimum absolute atomic E-state index is 0.144. The first-order valence-corrected chi connectivity index (χ1v) is 8.43. The van der Waals surface area contributed by atoms with Gasteiger partial charge in [-0.3, -0.25) is 9.78 Å². The molecule has 0 aliphatic heterocycles. The smallest absolute Gasteiger partial charge is 0.305 e. The number of hydrogen-bond acceptors (Lipinski definition) is 3. The number of allylic oxidation sites excluding steroid dienone is 1.